The third kappa shape index (κ3) is 1.73. The molecule has 4 nitrogen and oxygen atoms in total. The summed E-state index contributed by atoms with van der Waals surface area (Å²) in [5, 5.41) is 3.14. The predicted octanol–water partition coefficient (Wildman–Crippen LogP) is 1.34. The molecule has 0 aromatic heterocycles. The van der Waals surface area contributed by atoms with Crippen LogP contribution in [0.3, 0.4) is 0 Å². The molecular formula is C10H18N4. The van der Waals surface area contributed by atoms with Crippen LogP contribution in [0.25, 0.3) is 0 Å². The number of hydrogen-bond acceptors (Lipinski definition) is 4. The van der Waals surface area contributed by atoms with E-state index in [0.717, 1.165) is 11.4 Å². The topological polar surface area (TPSA) is 53.6 Å². The molecule has 0 amide bonds. The summed E-state index contributed by atoms with van der Waals surface area (Å²) in [6, 6.07) is 0. The molecule has 0 fully saturated rings. The highest BCUT2D eigenvalue weighted by molar-refractivity contribution is 5.88. The minimum Gasteiger partial charge on any atom is -0.384 e. The third-order valence-electron chi connectivity index (χ3n) is 2.05. The second-order valence-corrected chi connectivity index (χ2v) is 3.07. The lowest BCUT2D eigenvalue weighted by Crippen LogP contribution is -2.46. The largest absolute Gasteiger partial charge is 0.384 e. The van der Waals surface area contributed by atoms with Gasteiger partial charge in [0.25, 0.3) is 0 Å². The quantitative estimate of drug-likeness (QED) is 0.612. The monoisotopic (exact) mass is 194 g/mol. The Hall–Kier alpha value is -1.45. The molecule has 0 spiro atoms. The van der Waals surface area contributed by atoms with Crippen molar-refractivity contribution in [3.63, 3.8) is 0 Å². The molecule has 0 aromatic rings. The lowest BCUT2D eigenvalue weighted by Gasteiger charge is -2.27. The number of rotatable bonds is 0. The molecule has 0 bridgehead atoms. The fraction of sp³-hybridized carbons (Fsp3) is 0.500. The molecule has 3 N–H and O–H groups in total. The first kappa shape index (κ1) is 10.6. The Morgan fingerprint density at radius 2 is 2.07 bits per heavy atom. The standard InChI is InChI=1S/C8H12N4.C2H6/c1-5-4-12-6(2)3-10-8(12)7(9)11-5;1-2/h3-4,8,10H,1-2H3,(H2,9,11);1-2H3. The molecule has 0 aliphatic carbocycles. The zero-order valence-electron chi connectivity index (χ0n) is 9.20. The normalized spacial score (nSPS) is 23.6. The van der Waals surface area contributed by atoms with Gasteiger partial charge in [0, 0.05) is 18.1 Å². The smallest absolute Gasteiger partial charge is 0.162 e. The average molecular weight is 194 g/mol. The number of hydrogen-bond donors (Lipinski definition) is 2. The van der Waals surface area contributed by atoms with E-state index in [0.29, 0.717) is 5.84 Å². The maximum atomic E-state index is 5.74. The van der Waals surface area contributed by atoms with Gasteiger partial charge in [-0.25, -0.2) is 4.99 Å². The summed E-state index contributed by atoms with van der Waals surface area (Å²) in [5.74, 6) is 0.628. The van der Waals surface area contributed by atoms with Crippen molar-refractivity contribution < 1.29 is 0 Å². The molecule has 4 heteroatoms. The first-order valence-electron chi connectivity index (χ1n) is 4.92. The first-order valence-corrected chi connectivity index (χ1v) is 4.92. The summed E-state index contributed by atoms with van der Waals surface area (Å²) in [5.41, 5.74) is 7.85. The van der Waals surface area contributed by atoms with Gasteiger partial charge < -0.3 is 16.0 Å². The zero-order chi connectivity index (χ0) is 10.7. The van der Waals surface area contributed by atoms with E-state index in [9.17, 15) is 0 Å². The van der Waals surface area contributed by atoms with Crippen molar-refractivity contribution in [3.05, 3.63) is 23.8 Å². The first-order chi connectivity index (χ1) is 6.68. The van der Waals surface area contributed by atoms with Crippen molar-refractivity contribution in [2.75, 3.05) is 0 Å². The van der Waals surface area contributed by atoms with Gasteiger partial charge in [0.15, 0.2) is 6.17 Å². The van der Waals surface area contributed by atoms with E-state index in [-0.39, 0.29) is 6.17 Å². The fourth-order valence-electron chi connectivity index (χ4n) is 1.46. The number of fused-ring (bicyclic) bond motifs is 1. The van der Waals surface area contributed by atoms with Crippen LogP contribution in [0.15, 0.2) is 28.8 Å². The maximum absolute atomic E-state index is 5.74. The van der Waals surface area contributed by atoms with E-state index in [2.05, 4.69) is 15.2 Å². The number of aliphatic imine (C=N–C) groups is 1. The minimum atomic E-state index is 0.0358. The lowest BCUT2D eigenvalue weighted by atomic mass is 10.3. The van der Waals surface area contributed by atoms with Gasteiger partial charge in [0.05, 0.1) is 5.70 Å². The lowest BCUT2D eigenvalue weighted by molar-refractivity contribution is 0.414. The molecule has 1 unspecified atom stereocenters. The SMILES string of the molecule is CC.CC1=CN2C(C)=CNC2C(N)=N1. The molecule has 2 rings (SSSR count). The van der Waals surface area contributed by atoms with Gasteiger partial charge in [-0.15, -0.1) is 0 Å². The zero-order valence-corrected chi connectivity index (χ0v) is 9.20. The van der Waals surface area contributed by atoms with E-state index in [1.807, 2.05) is 40.1 Å². The van der Waals surface area contributed by atoms with Crippen LogP contribution in [-0.2, 0) is 0 Å². The van der Waals surface area contributed by atoms with Crippen LogP contribution in [0, 0.1) is 0 Å². The summed E-state index contributed by atoms with van der Waals surface area (Å²) in [4.78, 5) is 6.26. The fourth-order valence-corrected chi connectivity index (χ4v) is 1.46. The van der Waals surface area contributed by atoms with Gasteiger partial charge >= 0.3 is 0 Å². The second-order valence-electron chi connectivity index (χ2n) is 3.07. The molecule has 1 atom stereocenters. The van der Waals surface area contributed by atoms with Crippen LogP contribution in [0.5, 0.6) is 0 Å². The van der Waals surface area contributed by atoms with Gasteiger partial charge in [-0.2, -0.15) is 0 Å². The van der Waals surface area contributed by atoms with Gasteiger partial charge in [0.1, 0.15) is 5.84 Å². The van der Waals surface area contributed by atoms with E-state index < -0.39 is 0 Å². The van der Waals surface area contributed by atoms with E-state index in [1.165, 1.54) is 0 Å². The van der Waals surface area contributed by atoms with E-state index >= 15 is 0 Å². The number of nitrogens with one attached hydrogen (secondary N) is 1. The van der Waals surface area contributed by atoms with Crippen LogP contribution < -0.4 is 11.1 Å². The van der Waals surface area contributed by atoms with Crippen molar-refractivity contribution in [3.8, 4) is 0 Å². The van der Waals surface area contributed by atoms with Crippen LogP contribution in [0.1, 0.15) is 27.7 Å². The van der Waals surface area contributed by atoms with Crippen molar-refractivity contribution in [2.24, 2.45) is 10.7 Å². The Morgan fingerprint density at radius 1 is 1.43 bits per heavy atom. The van der Waals surface area contributed by atoms with Crippen LogP contribution >= 0.6 is 0 Å². The highest BCUT2D eigenvalue weighted by Crippen LogP contribution is 2.19. The summed E-state index contributed by atoms with van der Waals surface area (Å²) >= 11 is 0. The maximum Gasteiger partial charge on any atom is 0.162 e. The molecule has 14 heavy (non-hydrogen) atoms. The molecule has 2 aliphatic heterocycles. The van der Waals surface area contributed by atoms with Gasteiger partial charge in [-0.05, 0) is 13.8 Å². The highest BCUT2D eigenvalue weighted by atomic mass is 15.3. The van der Waals surface area contributed by atoms with Crippen LogP contribution in [0.4, 0.5) is 0 Å². The van der Waals surface area contributed by atoms with Crippen LogP contribution in [-0.4, -0.2) is 16.9 Å². The number of nitrogens with two attached hydrogens (primary N) is 1. The summed E-state index contributed by atoms with van der Waals surface area (Å²) < 4.78 is 0. The number of allylic oxidation sites excluding steroid dienone is 2. The summed E-state index contributed by atoms with van der Waals surface area (Å²) in [6.45, 7) is 7.98. The van der Waals surface area contributed by atoms with Crippen molar-refractivity contribution in [1.29, 1.82) is 0 Å². The molecule has 0 saturated heterocycles. The Bertz CT molecular complexity index is 301. The third-order valence-corrected chi connectivity index (χ3v) is 2.05. The Kier molecular flexibility index (Phi) is 3.17. The molecule has 78 valence electrons. The molecule has 0 aromatic carbocycles. The van der Waals surface area contributed by atoms with Gasteiger partial charge in [-0.1, -0.05) is 13.8 Å². The van der Waals surface area contributed by atoms with Gasteiger partial charge in [0.2, 0.25) is 0 Å². The Labute approximate surface area is 85.2 Å². The summed E-state index contributed by atoms with van der Waals surface area (Å²) in [6.07, 6.45) is 3.98. The molecule has 0 radical (unpaired) electrons. The second kappa shape index (κ2) is 4.17. The highest BCUT2D eigenvalue weighted by Gasteiger charge is 2.27. The predicted molar refractivity (Wildman–Crippen MR) is 59.2 cm³/mol. The number of amidine groups is 1. The molecule has 2 heterocycles. The van der Waals surface area contributed by atoms with Crippen molar-refractivity contribution >= 4 is 5.84 Å². The number of nitrogens with zero attached hydrogens (tertiary/aromatic N) is 2. The Morgan fingerprint density at radius 3 is 2.71 bits per heavy atom. The Balaban J connectivity index is 0.000000461. The van der Waals surface area contributed by atoms with Crippen molar-refractivity contribution in [2.45, 2.75) is 33.9 Å². The van der Waals surface area contributed by atoms with Crippen LogP contribution in [0.2, 0.25) is 0 Å². The minimum absolute atomic E-state index is 0.0358. The molecule has 2 aliphatic rings. The summed E-state index contributed by atoms with van der Waals surface area (Å²) in [7, 11) is 0. The molecular weight excluding hydrogens is 176 g/mol. The van der Waals surface area contributed by atoms with E-state index in [4.69, 9.17) is 5.73 Å². The average Bonchev–Trinajstić information content (AvgIpc) is 2.52. The van der Waals surface area contributed by atoms with Gasteiger partial charge in [-0.3, -0.25) is 0 Å². The van der Waals surface area contributed by atoms with Crippen molar-refractivity contribution in [1.82, 2.24) is 10.2 Å². The molecule has 0 saturated carbocycles. The van der Waals surface area contributed by atoms with E-state index in [1.54, 1.807) is 0 Å².